The number of ether oxygens (including phenoxy) is 1. The Balaban J connectivity index is 1.55. The summed E-state index contributed by atoms with van der Waals surface area (Å²) in [5.41, 5.74) is 2.46. The number of oxazole rings is 1. The van der Waals surface area contributed by atoms with Gasteiger partial charge in [0.25, 0.3) is 0 Å². The zero-order valence-electron chi connectivity index (χ0n) is 17.2. The topological polar surface area (TPSA) is 129 Å². The molecule has 0 fully saturated rings. The van der Waals surface area contributed by atoms with E-state index in [9.17, 15) is 4.79 Å². The molecule has 3 N–H and O–H groups in total. The predicted octanol–water partition coefficient (Wildman–Crippen LogP) is 4.39. The van der Waals surface area contributed by atoms with E-state index in [4.69, 9.17) is 14.4 Å². The summed E-state index contributed by atoms with van der Waals surface area (Å²) in [7, 11) is 0. The molecule has 4 rings (SSSR count). The maximum Gasteiger partial charge on any atom is 0.417 e. The maximum atomic E-state index is 11.4. The Bertz CT molecular complexity index is 1350. The summed E-state index contributed by atoms with van der Waals surface area (Å²) in [6, 6.07) is 14.6. The van der Waals surface area contributed by atoms with Crippen LogP contribution in [0.25, 0.3) is 11.1 Å². The lowest BCUT2D eigenvalue weighted by atomic mass is 10.2. The van der Waals surface area contributed by atoms with Crippen molar-refractivity contribution in [3.63, 3.8) is 0 Å². The Morgan fingerprint density at radius 2 is 1.97 bits per heavy atom. The first-order valence-corrected chi connectivity index (χ1v) is 9.52. The van der Waals surface area contributed by atoms with Crippen molar-refractivity contribution in [3.8, 4) is 11.8 Å². The fourth-order valence-electron chi connectivity index (χ4n) is 2.88. The minimum absolute atomic E-state index is 0.391. The van der Waals surface area contributed by atoms with Crippen molar-refractivity contribution in [2.45, 2.75) is 26.4 Å². The Kier molecular flexibility index (Phi) is 5.05. The van der Waals surface area contributed by atoms with Crippen molar-refractivity contribution < 1.29 is 9.15 Å². The van der Waals surface area contributed by atoms with Crippen LogP contribution in [0.3, 0.4) is 0 Å². The molecule has 156 valence electrons. The van der Waals surface area contributed by atoms with Crippen LogP contribution in [0.4, 0.5) is 23.1 Å². The highest BCUT2D eigenvalue weighted by Gasteiger charge is 2.18. The number of nitriles is 1. The van der Waals surface area contributed by atoms with Gasteiger partial charge in [0.1, 0.15) is 17.6 Å². The zero-order chi connectivity index (χ0) is 22.0. The molecule has 0 bridgehead atoms. The third-order valence-corrected chi connectivity index (χ3v) is 4.39. The van der Waals surface area contributed by atoms with E-state index in [1.165, 1.54) is 0 Å². The molecule has 0 saturated heterocycles. The second-order valence-electron chi connectivity index (χ2n) is 7.45. The monoisotopic (exact) mass is 416 g/mol. The molecular formula is C22H20N6O3. The first-order valence-electron chi connectivity index (χ1n) is 9.52. The Labute approximate surface area is 177 Å². The molecular weight excluding hydrogens is 396 g/mol. The second kappa shape index (κ2) is 7.84. The van der Waals surface area contributed by atoms with Crippen LogP contribution in [-0.4, -0.2) is 20.6 Å². The zero-order valence-corrected chi connectivity index (χ0v) is 17.2. The Morgan fingerprint density at radius 3 is 2.77 bits per heavy atom. The molecule has 0 saturated carbocycles. The number of hydrogen-bond acceptors (Lipinski definition) is 8. The van der Waals surface area contributed by atoms with Crippen LogP contribution in [0.2, 0.25) is 0 Å². The minimum atomic E-state index is -0.934. The number of aromatic amines is 1. The van der Waals surface area contributed by atoms with Gasteiger partial charge < -0.3 is 19.8 Å². The smallest absolute Gasteiger partial charge is 0.417 e. The van der Waals surface area contributed by atoms with Gasteiger partial charge in [-0.25, -0.2) is 9.78 Å². The van der Waals surface area contributed by atoms with Crippen LogP contribution in [0.1, 0.15) is 19.4 Å². The lowest BCUT2D eigenvalue weighted by molar-refractivity contribution is 0.170. The fraction of sp³-hybridized carbons (Fsp3) is 0.182. The van der Waals surface area contributed by atoms with Crippen molar-refractivity contribution in [2.75, 3.05) is 10.6 Å². The van der Waals surface area contributed by atoms with Crippen molar-refractivity contribution in [3.05, 3.63) is 64.8 Å². The van der Waals surface area contributed by atoms with Crippen molar-refractivity contribution >= 4 is 34.2 Å². The molecule has 0 aliphatic rings. The molecule has 31 heavy (non-hydrogen) atoms. The van der Waals surface area contributed by atoms with Gasteiger partial charge in [0, 0.05) is 29.2 Å². The summed E-state index contributed by atoms with van der Waals surface area (Å²) in [5.74, 6) is 1.06. The maximum absolute atomic E-state index is 11.4. The number of aromatic nitrogens is 3. The van der Waals surface area contributed by atoms with E-state index in [2.05, 4.69) is 31.7 Å². The molecule has 0 unspecified atom stereocenters. The molecule has 0 spiro atoms. The average Bonchev–Trinajstić information content (AvgIpc) is 3.10. The number of hydrogen-bond donors (Lipinski definition) is 3. The van der Waals surface area contributed by atoms with Gasteiger partial charge in [-0.1, -0.05) is 6.07 Å². The van der Waals surface area contributed by atoms with E-state index in [1.54, 1.807) is 50.4 Å². The lowest BCUT2D eigenvalue weighted by Gasteiger charge is -2.18. The number of fused-ring (bicyclic) bond motifs is 1. The highest BCUT2D eigenvalue weighted by atomic mass is 16.5. The van der Waals surface area contributed by atoms with E-state index in [0.717, 1.165) is 16.9 Å². The van der Waals surface area contributed by atoms with Gasteiger partial charge in [-0.05, 0) is 51.1 Å². The first kappa shape index (κ1) is 20.0. The van der Waals surface area contributed by atoms with E-state index in [-0.39, 0.29) is 0 Å². The number of aryl methyl sites for hydroxylation is 1. The summed E-state index contributed by atoms with van der Waals surface area (Å²) >= 11 is 0. The standard InChI is InChI=1S/C22H20N6O3/c1-13-11-24-20(26-14-5-4-6-16(9-14)31-22(2,3)12-23)28-19(13)25-15-7-8-18-17(10-15)27-21(29)30-18/h4-11H,1-3H3,(H,27,29)(H2,24,25,26,28). The molecule has 9 nitrogen and oxygen atoms in total. The molecule has 0 atom stereocenters. The second-order valence-corrected chi connectivity index (χ2v) is 7.45. The lowest BCUT2D eigenvalue weighted by Crippen LogP contribution is -2.25. The third kappa shape index (κ3) is 4.64. The predicted molar refractivity (Wildman–Crippen MR) is 117 cm³/mol. The Hall–Kier alpha value is -4.32. The summed E-state index contributed by atoms with van der Waals surface area (Å²) in [6.45, 7) is 5.29. The molecule has 0 radical (unpaired) electrons. The van der Waals surface area contributed by atoms with Gasteiger partial charge in [-0.3, -0.25) is 4.98 Å². The van der Waals surface area contributed by atoms with Gasteiger partial charge in [0.15, 0.2) is 11.2 Å². The third-order valence-electron chi connectivity index (χ3n) is 4.39. The van der Waals surface area contributed by atoms with Crippen LogP contribution in [0, 0.1) is 18.3 Å². The SMILES string of the molecule is Cc1cnc(Nc2cccc(OC(C)(C)C#N)c2)nc1Nc1ccc2oc(=O)[nH]c2c1. The number of nitrogens with one attached hydrogen (secondary N) is 3. The molecule has 0 aliphatic carbocycles. The molecule has 4 aromatic rings. The minimum Gasteiger partial charge on any atom is -0.473 e. The molecule has 2 aromatic heterocycles. The quantitative estimate of drug-likeness (QED) is 0.422. The van der Waals surface area contributed by atoms with Crippen molar-refractivity contribution in [1.82, 2.24) is 15.0 Å². The average molecular weight is 416 g/mol. The number of nitrogens with zero attached hydrogens (tertiary/aromatic N) is 3. The largest absolute Gasteiger partial charge is 0.473 e. The van der Waals surface area contributed by atoms with Gasteiger partial charge >= 0.3 is 5.76 Å². The highest BCUT2D eigenvalue weighted by molar-refractivity contribution is 5.78. The van der Waals surface area contributed by atoms with E-state index < -0.39 is 11.4 Å². The number of rotatable bonds is 6. The summed E-state index contributed by atoms with van der Waals surface area (Å²) in [4.78, 5) is 22.9. The van der Waals surface area contributed by atoms with E-state index >= 15 is 0 Å². The number of anilines is 4. The Morgan fingerprint density at radius 1 is 1.16 bits per heavy atom. The molecule has 2 aromatic carbocycles. The van der Waals surface area contributed by atoms with Gasteiger partial charge in [-0.2, -0.15) is 10.2 Å². The van der Waals surface area contributed by atoms with Crippen molar-refractivity contribution in [2.24, 2.45) is 0 Å². The van der Waals surface area contributed by atoms with Gasteiger partial charge in [0.05, 0.1) is 5.52 Å². The van der Waals surface area contributed by atoms with Crippen LogP contribution < -0.4 is 21.1 Å². The van der Waals surface area contributed by atoms with Gasteiger partial charge in [-0.15, -0.1) is 0 Å². The first-order chi connectivity index (χ1) is 14.8. The normalized spacial score (nSPS) is 11.2. The number of benzene rings is 2. The van der Waals surface area contributed by atoms with Crippen LogP contribution in [0.15, 0.2) is 57.9 Å². The van der Waals surface area contributed by atoms with Crippen LogP contribution in [-0.2, 0) is 0 Å². The molecule has 9 heteroatoms. The van der Waals surface area contributed by atoms with Gasteiger partial charge in [0.2, 0.25) is 5.95 Å². The fourth-order valence-corrected chi connectivity index (χ4v) is 2.88. The molecule has 0 amide bonds. The summed E-state index contributed by atoms with van der Waals surface area (Å²) in [6.07, 6.45) is 1.70. The number of H-pyrrole nitrogens is 1. The van der Waals surface area contributed by atoms with E-state index in [0.29, 0.717) is 28.6 Å². The van der Waals surface area contributed by atoms with Crippen LogP contribution in [0.5, 0.6) is 5.75 Å². The van der Waals surface area contributed by atoms with Crippen LogP contribution >= 0.6 is 0 Å². The molecule has 0 aliphatic heterocycles. The molecule has 2 heterocycles. The highest BCUT2D eigenvalue weighted by Crippen LogP contribution is 2.25. The van der Waals surface area contributed by atoms with E-state index in [1.807, 2.05) is 19.1 Å². The summed E-state index contributed by atoms with van der Waals surface area (Å²) in [5, 5.41) is 15.5. The van der Waals surface area contributed by atoms with Crippen molar-refractivity contribution in [1.29, 1.82) is 5.26 Å². The summed E-state index contributed by atoms with van der Waals surface area (Å²) < 4.78 is 10.7.